The van der Waals surface area contributed by atoms with Crippen molar-refractivity contribution in [3.63, 3.8) is 0 Å². The van der Waals surface area contributed by atoms with Gasteiger partial charge in [-0.05, 0) is 18.6 Å². The van der Waals surface area contributed by atoms with Crippen molar-refractivity contribution >= 4 is 11.5 Å². The lowest BCUT2D eigenvalue weighted by atomic mass is 10.4. The number of methoxy groups -OCH3 is 1. The molecular formula is C11H19N3O2. The maximum absolute atomic E-state index is 5.53. The number of hydrogen-bond donors (Lipinski definition) is 2. The molecule has 90 valence electrons. The fourth-order valence-corrected chi connectivity index (χ4v) is 1.14. The molecular weight excluding hydrogens is 206 g/mol. The molecule has 0 unspecified atom stereocenters. The Bertz CT molecular complexity index is 277. The molecule has 1 rings (SSSR count). The third-order valence-corrected chi connectivity index (χ3v) is 1.99. The molecule has 16 heavy (non-hydrogen) atoms. The Balaban J connectivity index is 2.01. The molecule has 1 aromatic rings. The van der Waals surface area contributed by atoms with Crippen LogP contribution in [0.25, 0.3) is 0 Å². The molecule has 0 aliphatic carbocycles. The van der Waals surface area contributed by atoms with Gasteiger partial charge < -0.3 is 20.5 Å². The molecule has 0 spiro atoms. The van der Waals surface area contributed by atoms with Crippen molar-refractivity contribution in [3.8, 4) is 0 Å². The standard InChI is InChI=1S/C11H19N3O2/c1-15-7-8-16-6-2-5-13-11-4-3-10(12)9-14-11/h3-4,9H,2,5-8,12H2,1H3,(H,13,14). The van der Waals surface area contributed by atoms with Crippen molar-refractivity contribution in [1.82, 2.24) is 4.98 Å². The van der Waals surface area contributed by atoms with Crippen LogP contribution >= 0.6 is 0 Å². The molecule has 1 aromatic heterocycles. The van der Waals surface area contributed by atoms with Gasteiger partial charge in [-0.3, -0.25) is 0 Å². The number of pyridine rings is 1. The molecule has 0 atom stereocenters. The van der Waals surface area contributed by atoms with Crippen LogP contribution in [0.5, 0.6) is 0 Å². The zero-order valence-corrected chi connectivity index (χ0v) is 9.61. The molecule has 0 saturated carbocycles. The van der Waals surface area contributed by atoms with Crippen LogP contribution in [0, 0.1) is 0 Å². The van der Waals surface area contributed by atoms with Gasteiger partial charge in [0, 0.05) is 20.3 Å². The summed E-state index contributed by atoms with van der Waals surface area (Å²) >= 11 is 0. The van der Waals surface area contributed by atoms with Crippen LogP contribution in [0.3, 0.4) is 0 Å². The highest BCUT2D eigenvalue weighted by Crippen LogP contribution is 2.05. The van der Waals surface area contributed by atoms with E-state index >= 15 is 0 Å². The van der Waals surface area contributed by atoms with Gasteiger partial charge in [0.25, 0.3) is 0 Å². The molecule has 0 fully saturated rings. The summed E-state index contributed by atoms with van der Waals surface area (Å²) in [5, 5.41) is 3.18. The van der Waals surface area contributed by atoms with Crippen molar-refractivity contribution in [2.75, 3.05) is 44.5 Å². The lowest BCUT2D eigenvalue weighted by Gasteiger charge is -2.06. The predicted octanol–water partition coefficient (Wildman–Crippen LogP) is 1.13. The second kappa shape index (κ2) is 7.90. The van der Waals surface area contributed by atoms with Gasteiger partial charge in [-0.25, -0.2) is 4.98 Å². The van der Waals surface area contributed by atoms with Crippen LogP contribution < -0.4 is 11.1 Å². The SMILES string of the molecule is COCCOCCCNc1ccc(N)cn1. The highest BCUT2D eigenvalue weighted by molar-refractivity contribution is 5.43. The third-order valence-electron chi connectivity index (χ3n) is 1.99. The van der Waals surface area contributed by atoms with Crippen molar-refractivity contribution in [1.29, 1.82) is 0 Å². The summed E-state index contributed by atoms with van der Waals surface area (Å²) in [5.74, 6) is 0.839. The van der Waals surface area contributed by atoms with Gasteiger partial charge >= 0.3 is 0 Å². The van der Waals surface area contributed by atoms with Gasteiger partial charge in [-0.2, -0.15) is 0 Å². The molecule has 0 aliphatic heterocycles. The highest BCUT2D eigenvalue weighted by Gasteiger charge is 1.93. The topological polar surface area (TPSA) is 69.4 Å². The molecule has 5 heteroatoms. The van der Waals surface area contributed by atoms with Gasteiger partial charge in [0.15, 0.2) is 0 Å². The average Bonchev–Trinajstić information content (AvgIpc) is 2.30. The van der Waals surface area contributed by atoms with E-state index in [4.69, 9.17) is 15.2 Å². The van der Waals surface area contributed by atoms with E-state index in [1.807, 2.05) is 12.1 Å². The number of nitrogens with two attached hydrogens (primary N) is 1. The minimum Gasteiger partial charge on any atom is -0.397 e. The number of ether oxygens (including phenoxy) is 2. The van der Waals surface area contributed by atoms with Gasteiger partial charge in [0.2, 0.25) is 0 Å². The number of aromatic nitrogens is 1. The average molecular weight is 225 g/mol. The number of nitrogen functional groups attached to an aromatic ring is 1. The molecule has 0 bridgehead atoms. The van der Waals surface area contributed by atoms with Crippen molar-refractivity contribution in [2.24, 2.45) is 0 Å². The second-order valence-electron chi connectivity index (χ2n) is 3.36. The minimum atomic E-state index is 0.646. The molecule has 5 nitrogen and oxygen atoms in total. The van der Waals surface area contributed by atoms with Crippen LogP contribution in [-0.4, -0.2) is 38.5 Å². The zero-order valence-electron chi connectivity index (χ0n) is 9.61. The van der Waals surface area contributed by atoms with E-state index in [2.05, 4.69) is 10.3 Å². The maximum atomic E-state index is 5.53. The minimum absolute atomic E-state index is 0.646. The first kappa shape index (κ1) is 12.7. The quantitative estimate of drug-likeness (QED) is 0.649. The van der Waals surface area contributed by atoms with Crippen molar-refractivity contribution in [2.45, 2.75) is 6.42 Å². The second-order valence-corrected chi connectivity index (χ2v) is 3.36. The Hall–Kier alpha value is -1.33. The zero-order chi connectivity index (χ0) is 11.6. The maximum Gasteiger partial charge on any atom is 0.126 e. The van der Waals surface area contributed by atoms with E-state index < -0.39 is 0 Å². The van der Waals surface area contributed by atoms with Crippen LogP contribution in [0.1, 0.15) is 6.42 Å². The predicted molar refractivity (Wildman–Crippen MR) is 64.5 cm³/mol. The normalized spacial score (nSPS) is 10.3. The number of hydrogen-bond acceptors (Lipinski definition) is 5. The van der Waals surface area contributed by atoms with Gasteiger partial charge in [-0.1, -0.05) is 0 Å². The molecule has 3 N–H and O–H groups in total. The van der Waals surface area contributed by atoms with E-state index in [0.29, 0.717) is 18.9 Å². The Kier molecular flexibility index (Phi) is 6.29. The van der Waals surface area contributed by atoms with Gasteiger partial charge in [0.1, 0.15) is 5.82 Å². The number of nitrogens with zero attached hydrogens (tertiary/aromatic N) is 1. The molecule has 0 saturated heterocycles. The highest BCUT2D eigenvalue weighted by atomic mass is 16.5. The van der Waals surface area contributed by atoms with Crippen LogP contribution in [0.4, 0.5) is 11.5 Å². The fourth-order valence-electron chi connectivity index (χ4n) is 1.14. The molecule has 1 heterocycles. The Morgan fingerprint density at radius 3 is 2.88 bits per heavy atom. The molecule has 0 amide bonds. The molecule has 0 aromatic carbocycles. The number of anilines is 2. The fraction of sp³-hybridized carbons (Fsp3) is 0.545. The Morgan fingerprint density at radius 1 is 1.31 bits per heavy atom. The summed E-state index contributed by atoms with van der Waals surface area (Å²) in [6.45, 7) is 2.86. The smallest absolute Gasteiger partial charge is 0.126 e. The van der Waals surface area contributed by atoms with E-state index in [1.54, 1.807) is 13.3 Å². The summed E-state index contributed by atoms with van der Waals surface area (Å²) < 4.78 is 10.2. The summed E-state index contributed by atoms with van der Waals surface area (Å²) in [6, 6.07) is 3.69. The van der Waals surface area contributed by atoms with Crippen LogP contribution in [0.15, 0.2) is 18.3 Å². The van der Waals surface area contributed by atoms with Crippen LogP contribution in [0.2, 0.25) is 0 Å². The van der Waals surface area contributed by atoms with E-state index in [-0.39, 0.29) is 0 Å². The Morgan fingerprint density at radius 2 is 2.19 bits per heavy atom. The first-order chi connectivity index (χ1) is 7.83. The van der Waals surface area contributed by atoms with Crippen LogP contribution in [-0.2, 0) is 9.47 Å². The Labute approximate surface area is 96.0 Å². The summed E-state index contributed by atoms with van der Waals surface area (Å²) in [5.41, 5.74) is 6.20. The van der Waals surface area contributed by atoms with E-state index in [9.17, 15) is 0 Å². The first-order valence-electron chi connectivity index (χ1n) is 5.35. The van der Waals surface area contributed by atoms with E-state index in [1.165, 1.54) is 0 Å². The number of nitrogens with one attached hydrogen (secondary N) is 1. The lowest BCUT2D eigenvalue weighted by molar-refractivity contribution is 0.0705. The van der Waals surface area contributed by atoms with Gasteiger partial charge in [-0.15, -0.1) is 0 Å². The molecule has 0 radical (unpaired) electrons. The summed E-state index contributed by atoms with van der Waals surface area (Å²) in [7, 11) is 1.66. The summed E-state index contributed by atoms with van der Waals surface area (Å²) in [4.78, 5) is 4.13. The van der Waals surface area contributed by atoms with E-state index in [0.717, 1.165) is 25.4 Å². The van der Waals surface area contributed by atoms with Crippen molar-refractivity contribution < 1.29 is 9.47 Å². The first-order valence-corrected chi connectivity index (χ1v) is 5.35. The lowest BCUT2D eigenvalue weighted by Crippen LogP contribution is -2.09. The van der Waals surface area contributed by atoms with Crippen molar-refractivity contribution in [3.05, 3.63) is 18.3 Å². The largest absolute Gasteiger partial charge is 0.397 e. The summed E-state index contributed by atoms with van der Waals surface area (Å²) in [6.07, 6.45) is 2.58. The third kappa shape index (κ3) is 5.53. The number of rotatable bonds is 8. The monoisotopic (exact) mass is 225 g/mol. The van der Waals surface area contributed by atoms with Gasteiger partial charge in [0.05, 0.1) is 25.1 Å². The molecule has 0 aliphatic rings.